The second-order valence-electron chi connectivity index (χ2n) is 6.73. The Morgan fingerprint density at radius 1 is 1.33 bits per heavy atom. The summed E-state index contributed by atoms with van der Waals surface area (Å²) in [6, 6.07) is 10.3. The maximum absolute atomic E-state index is 12.3. The summed E-state index contributed by atoms with van der Waals surface area (Å²) in [6.07, 6.45) is 3.70. The van der Waals surface area contributed by atoms with E-state index >= 15 is 0 Å². The second kappa shape index (κ2) is 7.47. The predicted molar refractivity (Wildman–Crippen MR) is 93.5 cm³/mol. The molecule has 6 nitrogen and oxygen atoms in total. The van der Waals surface area contributed by atoms with Gasteiger partial charge in [0.05, 0.1) is 6.04 Å². The molecule has 1 atom stereocenters. The van der Waals surface area contributed by atoms with Gasteiger partial charge in [0.25, 0.3) is 0 Å². The molecule has 0 saturated carbocycles. The molecule has 1 saturated heterocycles. The molecule has 3 rings (SSSR count). The van der Waals surface area contributed by atoms with Crippen LogP contribution < -0.4 is 5.32 Å². The van der Waals surface area contributed by atoms with Crippen LogP contribution in [-0.4, -0.2) is 45.3 Å². The van der Waals surface area contributed by atoms with Crippen molar-refractivity contribution in [1.82, 2.24) is 25.0 Å². The summed E-state index contributed by atoms with van der Waals surface area (Å²) in [6.45, 7) is 6.53. The number of nitrogens with zero attached hydrogens (tertiary/aromatic N) is 4. The average Bonchev–Trinajstić information content (AvgIpc) is 3.24. The summed E-state index contributed by atoms with van der Waals surface area (Å²) in [4.78, 5) is 14.2. The van der Waals surface area contributed by atoms with Crippen LogP contribution in [0.25, 0.3) is 11.4 Å². The van der Waals surface area contributed by atoms with E-state index in [0.29, 0.717) is 12.5 Å². The topological polar surface area (TPSA) is 63.1 Å². The van der Waals surface area contributed by atoms with Gasteiger partial charge in [-0.25, -0.2) is 4.79 Å². The molecule has 1 fully saturated rings. The summed E-state index contributed by atoms with van der Waals surface area (Å²) < 4.78 is 2.09. The fourth-order valence-electron chi connectivity index (χ4n) is 3.04. The fraction of sp³-hybridized carbons (Fsp3) is 0.500. The quantitative estimate of drug-likeness (QED) is 0.918. The zero-order chi connectivity index (χ0) is 16.9. The van der Waals surface area contributed by atoms with E-state index in [0.717, 1.165) is 37.3 Å². The minimum absolute atomic E-state index is 0.0347. The van der Waals surface area contributed by atoms with Gasteiger partial charge in [-0.1, -0.05) is 44.2 Å². The summed E-state index contributed by atoms with van der Waals surface area (Å²) in [5.41, 5.74) is 1.05. The molecule has 1 N–H and O–H groups in total. The molecular formula is C18H25N5O. The lowest BCUT2D eigenvalue weighted by Gasteiger charge is -2.19. The van der Waals surface area contributed by atoms with Gasteiger partial charge in [-0.15, -0.1) is 10.2 Å². The highest BCUT2D eigenvalue weighted by molar-refractivity contribution is 5.74. The van der Waals surface area contributed by atoms with Gasteiger partial charge in [-0.05, 0) is 18.8 Å². The number of rotatable bonds is 5. The van der Waals surface area contributed by atoms with Gasteiger partial charge in [0, 0.05) is 25.2 Å². The van der Waals surface area contributed by atoms with Crippen molar-refractivity contribution in [3.05, 3.63) is 36.7 Å². The average molecular weight is 327 g/mol. The Bertz CT molecular complexity index is 667. The number of hydrogen-bond acceptors (Lipinski definition) is 3. The predicted octanol–water partition coefficient (Wildman–Crippen LogP) is 2.95. The Morgan fingerprint density at radius 3 is 2.88 bits per heavy atom. The number of urea groups is 1. The first kappa shape index (κ1) is 16.5. The zero-order valence-corrected chi connectivity index (χ0v) is 14.4. The van der Waals surface area contributed by atoms with Crippen LogP contribution in [0.2, 0.25) is 0 Å². The molecular weight excluding hydrogens is 302 g/mol. The summed E-state index contributed by atoms with van der Waals surface area (Å²) in [5, 5.41) is 11.4. The number of likely N-dealkylation sites (tertiary alicyclic amines) is 1. The molecule has 1 aliphatic heterocycles. The number of carbonyl (C=O) groups is 1. The highest BCUT2D eigenvalue weighted by atomic mass is 16.2. The second-order valence-corrected chi connectivity index (χ2v) is 6.73. The van der Waals surface area contributed by atoms with E-state index in [1.54, 1.807) is 6.33 Å². The molecule has 0 aliphatic carbocycles. The Hall–Kier alpha value is -2.37. The van der Waals surface area contributed by atoms with Crippen LogP contribution in [0.4, 0.5) is 4.79 Å². The molecule has 1 aliphatic rings. The molecule has 2 aromatic rings. The SMILES string of the molecule is CC(C)CCNC(=O)N1CCC(n2cnnc2-c2ccccc2)C1. The van der Waals surface area contributed by atoms with Crippen LogP contribution in [0, 0.1) is 5.92 Å². The van der Waals surface area contributed by atoms with Gasteiger partial charge >= 0.3 is 6.03 Å². The molecule has 2 amide bonds. The van der Waals surface area contributed by atoms with E-state index in [-0.39, 0.29) is 12.1 Å². The van der Waals surface area contributed by atoms with E-state index in [4.69, 9.17) is 0 Å². The number of carbonyl (C=O) groups excluding carboxylic acids is 1. The normalized spacial score (nSPS) is 17.5. The first-order valence-corrected chi connectivity index (χ1v) is 8.63. The van der Waals surface area contributed by atoms with Crippen LogP contribution in [0.5, 0.6) is 0 Å². The van der Waals surface area contributed by atoms with Crippen molar-refractivity contribution < 1.29 is 4.79 Å². The Labute approximate surface area is 142 Å². The largest absolute Gasteiger partial charge is 0.338 e. The molecule has 1 aromatic heterocycles. The lowest BCUT2D eigenvalue weighted by Crippen LogP contribution is -2.39. The Kier molecular flexibility index (Phi) is 5.13. The molecule has 128 valence electrons. The van der Waals surface area contributed by atoms with E-state index in [1.807, 2.05) is 35.2 Å². The highest BCUT2D eigenvalue weighted by Gasteiger charge is 2.28. The van der Waals surface area contributed by atoms with Crippen molar-refractivity contribution in [2.45, 2.75) is 32.7 Å². The number of nitrogens with one attached hydrogen (secondary N) is 1. The van der Waals surface area contributed by atoms with Crippen LogP contribution in [0.1, 0.15) is 32.7 Å². The van der Waals surface area contributed by atoms with Gasteiger partial charge < -0.3 is 14.8 Å². The van der Waals surface area contributed by atoms with Gasteiger partial charge in [-0.2, -0.15) is 0 Å². The third-order valence-electron chi connectivity index (χ3n) is 4.45. The molecule has 24 heavy (non-hydrogen) atoms. The zero-order valence-electron chi connectivity index (χ0n) is 14.4. The number of aromatic nitrogens is 3. The molecule has 0 radical (unpaired) electrons. The fourth-order valence-corrected chi connectivity index (χ4v) is 3.04. The van der Waals surface area contributed by atoms with Crippen molar-refractivity contribution in [2.75, 3.05) is 19.6 Å². The van der Waals surface area contributed by atoms with E-state index in [1.165, 1.54) is 0 Å². The Balaban J connectivity index is 1.62. The third-order valence-corrected chi connectivity index (χ3v) is 4.45. The van der Waals surface area contributed by atoms with Crippen LogP contribution >= 0.6 is 0 Å². The third kappa shape index (κ3) is 3.75. The maximum Gasteiger partial charge on any atom is 0.317 e. The van der Waals surface area contributed by atoms with Crippen LogP contribution in [-0.2, 0) is 0 Å². The van der Waals surface area contributed by atoms with Gasteiger partial charge in [0.15, 0.2) is 5.82 Å². The minimum atomic E-state index is 0.0347. The van der Waals surface area contributed by atoms with Crippen LogP contribution in [0.3, 0.4) is 0 Å². The van der Waals surface area contributed by atoms with Crippen molar-refractivity contribution in [1.29, 1.82) is 0 Å². The summed E-state index contributed by atoms with van der Waals surface area (Å²) >= 11 is 0. The van der Waals surface area contributed by atoms with Gasteiger partial charge in [-0.3, -0.25) is 0 Å². The van der Waals surface area contributed by atoms with Crippen molar-refractivity contribution in [3.63, 3.8) is 0 Å². The molecule has 6 heteroatoms. The monoisotopic (exact) mass is 327 g/mol. The first-order chi connectivity index (χ1) is 11.6. The molecule has 0 spiro atoms. The lowest BCUT2D eigenvalue weighted by atomic mass is 10.1. The number of amides is 2. The summed E-state index contributed by atoms with van der Waals surface area (Å²) in [5.74, 6) is 1.46. The van der Waals surface area contributed by atoms with Gasteiger partial charge in [0.2, 0.25) is 0 Å². The molecule has 2 heterocycles. The molecule has 1 aromatic carbocycles. The van der Waals surface area contributed by atoms with Crippen molar-refractivity contribution in [2.24, 2.45) is 5.92 Å². The van der Waals surface area contributed by atoms with Crippen molar-refractivity contribution >= 4 is 6.03 Å². The summed E-state index contributed by atoms with van der Waals surface area (Å²) in [7, 11) is 0. The maximum atomic E-state index is 12.3. The van der Waals surface area contributed by atoms with Gasteiger partial charge in [0.1, 0.15) is 6.33 Å². The van der Waals surface area contributed by atoms with E-state index in [9.17, 15) is 4.79 Å². The standard InChI is InChI=1S/C18H25N5O/c1-14(2)8-10-19-18(24)22-11-9-16(12-22)23-13-20-21-17(23)15-6-4-3-5-7-15/h3-7,13-14,16H,8-12H2,1-2H3,(H,19,24). The number of benzene rings is 1. The van der Waals surface area contributed by atoms with Crippen LogP contribution in [0.15, 0.2) is 36.7 Å². The minimum Gasteiger partial charge on any atom is -0.338 e. The highest BCUT2D eigenvalue weighted by Crippen LogP contribution is 2.26. The van der Waals surface area contributed by atoms with E-state index < -0.39 is 0 Å². The first-order valence-electron chi connectivity index (χ1n) is 8.63. The van der Waals surface area contributed by atoms with Crippen molar-refractivity contribution in [3.8, 4) is 11.4 Å². The number of hydrogen-bond donors (Lipinski definition) is 1. The lowest BCUT2D eigenvalue weighted by molar-refractivity contribution is 0.206. The smallest absolute Gasteiger partial charge is 0.317 e. The molecule has 0 bridgehead atoms. The Morgan fingerprint density at radius 2 is 2.12 bits per heavy atom. The molecule has 1 unspecified atom stereocenters. The van der Waals surface area contributed by atoms with E-state index in [2.05, 4.69) is 33.9 Å².